The summed E-state index contributed by atoms with van der Waals surface area (Å²) in [6.45, 7) is 3.18. The van der Waals surface area contributed by atoms with Crippen molar-refractivity contribution in [3.8, 4) is 11.1 Å². The quantitative estimate of drug-likeness (QED) is 0.913. The second-order valence-corrected chi connectivity index (χ2v) is 6.41. The van der Waals surface area contributed by atoms with Crippen LogP contribution in [0.5, 0.6) is 0 Å². The molecular weight excluding hydrogens is 280 g/mol. The van der Waals surface area contributed by atoms with Crippen molar-refractivity contribution in [3.05, 3.63) is 46.7 Å². The summed E-state index contributed by atoms with van der Waals surface area (Å²) in [6, 6.07) is 12.7. The van der Waals surface area contributed by atoms with Crippen LogP contribution in [0.2, 0.25) is 0 Å². The van der Waals surface area contributed by atoms with Gasteiger partial charge in [0, 0.05) is 17.6 Å². The first kappa shape index (κ1) is 14.3. The monoisotopic (exact) mass is 300 g/mol. The fourth-order valence-electron chi connectivity index (χ4n) is 2.81. The van der Waals surface area contributed by atoms with E-state index in [1.54, 1.807) is 0 Å². The molecule has 21 heavy (non-hydrogen) atoms. The Bertz CT molecular complexity index is 608. The van der Waals surface area contributed by atoms with Crippen LogP contribution in [0.3, 0.4) is 0 Å². The van der Waals surface area contributed by atoms with Crippen molar-refractivity contribution in [3.63, 3.8) is 0 Å². The van der Waals surface area contributed by atoms with Crippen LogP contribution in [0.4, 0.5) is 0 Å². The molecule has 1 fully saturated rings. The van der Waals surface area contributed by atoms with Crippen LogP contribution in [0.25, 0.3) is 11.1 Å². The molecule has 2 N–H and O–H groups in total. The van der Waals surface area contributed by atoms with Gasteiger partial charge in [-0.25, -0.2) is 0 Å². The van der Waals surface area contributed by atoms with E-state index in [2.05, 4.69) is 17.6 Å². The molecule has 1 aliphatic heterocycles. The number of hydrogen-bond donors (Lipinski definition) is 2. The summed E-state index contributed by atoms with van der Waals surface area (Å²) in [5.41, 5.74) is 2.12. The molecule has 1 aromatic heterocycles. The maximum Gasteiger partial charge on any atom is 0.262 e. The Morgan fingerprint density at radius 3 is 2.86 bits per heavy atom. The van der Waals surface area contributed by atoms with E-state index < -0.39 is 0 Å². The number of carbonyl (C=O) groups is 1. The third-order valence-electron chi connectivity index (χ3n) is 4.03. The minimum Gasteiger partial charge on any atom is -0.347 e. The fourth-order valence-corrected chi connectivity index (χ4v) is 3.62. The van der Waals surface area contributed by atoms with E-state index in [0.29, 0.717) is 6.04 Å². The smallest absolute Gasteiger partial charge is 0.262 e. The zero-order valence-corrected chi connectivity index (χ0v) is 13.0. The maximum atomic E-state index is 12.6. The molecule has 3 nitrogen and oxygen atoms in total. The third kappa shape index (κ3) is 3.17. The van der Waals surface area contributed by atoms with Crippen molar-refractivity contribution in [1.29, 1.82) is 0 Å². The highest BCUT2D eigenvalue weighted by atomic mass is 32.1. The van der Waals surface area contributed by atoms with Crippen molar-refractivity contribution in [2.45, 2.75) is 31.8 Å². The molecule has 3 rings (SSSR count). The lowest BCUT2D eigenvalue weighted by atomic mass is 9.99. The molecule has 0 aliphatic carbocycles. The molecule has 0 bridgehead atoms. The molecule has 2 unspecified atom stereocenters. The first-order chi connectivity index (χ1) is 10.3. The molecule has 0 radical (unpaired) electrons. The van der Waals surface area contributed by atoms with Gasteiger partial charge in [-0.2, -0.15) is 0 Å². The van der Waals surface area contributed by atoms with Gasteiger partial charge in [-0.3, -0.25) is 4.79 Å². The van der Waals surface area contributed by atoms with E-state index in [9.17, 15) is 4.79 Å². The molecule has 0 saturated carbocycles. The SMILES string of the molecule is CC1NCCCC1NC(=O)c1sccc1-c1ccccc1. The van der Waals surface area contributed by atoms with Crippen molar-refractivity contribution in [2.75, 3.05) is 6.54 Å². The van der Waals surface area contributed by atoms with Crippen LogP contribution in [0.15, 0.2) is 41.8 Å². The molecule has 1 aromatic carbocycles. The van der Waals surface area contributed by atoms with E-state index in [1.165, 1.54) is 11.3 Å². The second-order valence-electron chi connectivity index (χ2n) is 5.49. The summed E-state index contributed by atoms with van der Waals surface area (Å²) in [4.78, 5) is 13.4. The number of amides is 1. The van der Waals surface area contributed by atoms with E-state index >= 15 is 0 Å². The summed E-state index contributed by atoms with van der Waals surface area (Å²) >= 11 is 1.51. The molecule has 1 amide bonds. The first-order valence-electron chi connectivity index (χ1n) is 7.43. The Hall–Kier alpha value is -1.65. The minimum atomic E-state index is 0.0457. The fraction of sp³-hybridized carbons (Fsp3) is 0.353. The van der Waals surface area contributed by atoms with Crippen molar-refractivity contribution < 1.29 is 4.79 Å². The lowest BCUT2D eigenvalue weighted by Crippen LogP contribution is -2.51. The van der Waals surface area contributed by atoms with Crippen LogP contribution < -0.4 is 10.6 Å². The van der Waals surface area contributed by atoms with Crippen LogP contribution in [-0.4, -0.2) is 24.5 Å². The van der Waals surface area contributed by atoms with Gasteiger partial charge in [0.05, 0.1) is 4.88 Å². The van der Waals surface area contributed by atoms with Gasteiger partial charge in [0.2, 0.25) is 0 Å². The summed E-state index contributed by atoms with van der Waals surface area (Å²) in [5.74, 6) is 0.0457. The van der Waals surface area contributed by atoms with Crippen LogP contribution in [-0.2, 0) is 0 Å². The molecule has 4 heteroatoms. The molecule has 110 valence electrons. The number of nitrogens with one attached hydrogen (secondary N) is 2. The van der Waals surface area contributed by atoms with Gasteiger partial charge in [-0.05, 0) is 43.3 Å². The predicted molar refractivity (Wildman–Crippen MR) is 87.7 cm³/mol. The minimum absolute atomic E-state index is 0.0457. The average Bonchev–Trinajstić information content (AvgIpc) is 3.00. The van der Waals surface area contributed by atoms with Gasteiger partial charge in [-0.15, -0.1) is 11.3 Å². The third-order valence-corrected chi connectivity index (χ3v) is 4.95. The van der Waals surface area contributed by atoms with E-state index in [0.717, 1.165) is 35.4 Å². The van der Waals surface area contributed by atoms with Crippen LogP contribution >= 0.6 is 11.3 Å². The normalized spacial score (nSPS) is 22.0. The van der Waals surface area contributed by atoms with Gasteiger partial charge in [0.15, 0.2) is 0 Å². The largest absolute Gasteiger partial charge is 0.347 e. The van der Waals surface area contributed by atoms with Gasteiger partial charge in [0.25, 0.3) is 5.91 Å². The Kier molecular flexibility index (Phi) is 4.36. The molecule has 1 aliphatic rings. The van der Waals surface area contributed by atoms with Crippen LogP contribution in [0.1, 0.15) is 29.4 Å². The standard InChI is InChI=1S/C17H20N2OS/c1-12-15(8-5-10-18-12)19-17(20)16-14(9-11-21-16)13-6-3-2-4-7-13/h2-4,6-7,9,11-12,15,18H,5,8,10H2,1H3,(H,19,20). The highest BCUT2D eigenvalue weighted by Crippen LogP contribution is 2.28. The lowest BCUT2D eigenvalue weighted by molar-refractivity contribution is 0.0924. The number of thiophene rings is 1. The molecule has 2 heterocycles. The second kappa shape index (κ2) is 6.41. The Balaban J connectivity index is 1.78. The number of piperidine rings is 1. The van der Waals surface area contributed by atoms with Gasteiger partial charge >= 0.3 is 0 Å². The highest BCUT2D eigenvalue weighted by molar-refractivity contribution is 7.12. The summed E-state index contributed by atoms with van der Waals surface area (Å²) < 4.78 is 0. The predicted octanol–water partition coefficient (Wildman–Crippen LogP) is 3.29. The van der Waals surface area contributed by atoms with Crippen molar-refractivity contribution >= 4 is 17.2 Å². The van der Waals surface area contributed by atoms with Crippen molar-refractivity contribution in [2.24, 2.45) is 0 Å². The zero-order chi connectivity index (χ0) is 14.7. The number of hydrogen-bond acceptors (Lipinski definition) is 3. The van der Waals surface area contributed by atoms with Gasteiger partial charge in [-0.1, -0.05) is 30.3 Å². The van der Waals surface area contributed by atoms with E-state index in [4.69, 9.17) is 0 Å². The number of carbonyl (C=O) groups excluding carboxylic acids is 1. The zero-order valence-electron chi connectivity index (χ0n) is 12.1. The number of benzene rings is 1. The lowest BCUT2D eigenvalue weighted by Gasteiger charge is -2.30. The molecule has 2 atom stereocenters. The number of rotatable bonds is 3. The molecular formula is C17H20N2OS. The van der Waals surface area contributed by atoms with Crippen molar-refractivity contribution in [1.82, 2.24) is 10.6 Å². The molecule has 1 saturated heterocycles. The Labute approximate surface area is 129 Å². The maximum absolute atomic E-state index is 12.6. The topological polar surface area (TPSA) is 41.1 Å². The first-order valence-corrected chi connectivity index (χ1v) is 8.31. The average molecular weight is 300 g/mol. The Morgan fingerprint density at radius 2 is 2.10 bits per heavy atom. The molecule has 0 spiro atoms. The molecule has 2 aromatic rings. The Morgan fingerprint density at radius 1 is 1.29 bits per heavy atom. The summed E-state index contributed by atoms with van der Waals surface area (Å²) in [5, 5.41) is 8.59. The summed E-state index contributed by atoms with van der Waals surface area (Å²) in [7, 11) is 0. The van der Waals surface area contributed by atoms with E-state index in [-0.39, 0.29) is 11.9 Å². The highest BCUT2D eigenvalue weighted by Gasteiger charge is 2.24. The van der Waals surface area contributed by atoms with E-state index in [1.807, 2.05) is 41.8 Å². The van der Waals surface area contributed by atoms with Gasteiger partial charge < -0.3 is 10.6 Å². The summed E-state index contributed by atoms with van der Waals surface area (Å²) in [6.07, 6.45) is 2.16. The van der Waals surface area contributed by atoms with Gasteiger partial charge in [0.1, 0.15) is 0 Å². The van der Waals surface area contributed by atoms with Crippen LogP contribution in [0, 0.1) is 0 Å².